The van der Waals surface area contributed by atoms with Crippen LogP contribution in [0.2, 0.25) is 0 Å². The van der Waals surface area contributed by atoms with Crippen LogP contribution in [0.5, 0.6) is 0 Å². The van der Waals surface area contributed by atoms with Crippen LogP contribution in [0, 0.1) is 11.6 Å². The fraction of sp³-hybridized carbons (Fsp3) is 0.294. The Morgan fingerprint density at radius 3 is 2.79 bits per heavy atom. The zero-order chi connectivity index (χ0) is 16.7. The Kier molecular flexibility index (Phi) is 3.55. The van der Waals surface area contributed by atoms with Crippen molar-refractivity contribution in [2.24, 2.45) is 0 Å². The summed E-state index contributed by atoms with van der Waals surface area (Å²) in [5.74, 6) is -0.219. The molecule has 0 unspecified atom stereocenters. The summed E-state index contributed by atoms with van der Waals surface area (Å²) >= 11 is 0. The van der Waals surface area contributed by atoms with Crippen LogP contribution in [0.1, 0.15) is 6.42 Å². The first-order valence-corrected chi connectivity index (χ1v) is 7.85. The van der Waals surface area contributed by atoms with Gasteiger partial charge in [0, 0.05) is 32.4 Å². The molecule has 2 aromatic heterocycles. The number of H-pyrrole nitrogens is 1. The monoisotopic (exact) mass is 329 g/mol. The third kappa shape index (κ3) is 2.36. The lowest BCUT2D eigenvalue weighted by Gasteiger charge is -2.27. The maximum atomic E-state index is 14.0. The quantitative estimate of drug-likeness (QED) is 0.803. The van der Waals surface area contributed by atoms with Gasteiger partial charge in [0.1, 0.15) is 35.1 Å². The van der Waals surface area contributed by atoms with Gasteiger partial charge in [-0.15, -0.1) is 0 Å². The van der Waals surface area contributed by atoms with Crippen molar-refractivity contribution in [1.29, 1.82) is 0 Å². The van der Waals surface area contributed by atoms with Gasteiger partial charge < -0.3 is 14.8 Å². The number of halogens is 2. The molecular formula is C17H17F2N5. The van der Waals surface area contributed by atoms with Crippen molar-refractivity contribution < 1.29 is 8.78 Å². The van der Waals surface area contributed by atoms with Crippen molar-refractivity contribution in [3.63, 3.8) is 0 Å². The standard InChI is InChI=1S/C17H17F2N5/c1-23(15-13(18)3-2-4-14(15)19)11-6-8-24(9-11)17-12-5-7-20-16(12)21-10-22-17/h2-5,7,10-11H,6,8-9H2,1H3,(H,20,21,22)/t11-/m1/s1. The van der Waals surface area contributed by atoms with E-state index in [1.165, 1.54) is 24.5 Å². The highest BCUT2D eigenvalue weighted by atomic mass is 19.1. The van der Waals surface area contributed by atoms with Gasteiger partial charge in [-0.25, -0.2) is 18.7 Å². The summed E-state index contributed by atoms with van der Waals surface area (Å²) < 4.78 is 28.0. The Bertz CT molecular complexity index is 858. The molecule has 24 heavy (non-hydrogen) atoms. The molecule has 1 aliphatic heterocycles. The Hall–Kier alpha value is -2.70. The number of anilines is 2. The van der Waals surface area contributed by atoms with Crippen LogP contribution in [0.25, 0.3) is 11.0 Å². The molecule has 0 radical (unpaired) electrons. The first-order chi connectivity index (χ1) is 11.6. The topological polar surface area (TPSA) is 48.1 Å². The van der Waals surface area contributed by atoms with Crippen LogP contribution < -0.4 is 9.80 Å². The van der Waals surface area contributed by atoms with Crippen molar-refractivity contribution in [2.45, 2.75) is 12.5 Å². The van der Waals surface area contributed by atoms with Gasteiger partial charge in [-0.05, 0) is 24.6 Å². The van der Waals surface area contributed by atoms with Crippen molar-refractivity contribution in [3.05, 3.63) is 48.4 Å². The molecule has 124 valence electrons. The van der Waals surface area contributed by atoms with Gasteiger partial charge in [0.2, 0.25) is 0 Å². The fourth-order valence-electron chi connectivity index (χ4n) is 3.37. The molecule has 1 fully saturated rings. The lowest BCUT2D eigenvalue weighted by atomic mass is 10.2. The Morgan fingerprint density at radius 1 is 1.21 bits per heavy atom. The van der Waals surface area contributed by atoms with E-state index >= 15 is 0 Å². The number of hydrogen-bond acceptors (Lipinski definition) is 4. The highest BCUT2D eigenvalue weighted by molar-refractivity contribution is 5.87. The Morgan fingerprint density at radius 2 is 2.00 bits per heavy atom. The minimum Gasteiger partial charge on any atom is -0.365 e. The van der Waals surface area contributed by atoms with E-state index in [0.717, 1.165) is 29.8 Å². The summed E-state index contributed by atoms with van der Waals surface area (Å²) in [4.78, 5) is 15.5. The normalized spacial score (nSPS) is 17.6. The van der Waals surface area contributed by atoms with E-state index < -0.39 is 11.6 Å². The molecule has 5 nitrogen and oxygen atoms in total. The van der Waals surface area contributed by atoms with Crippen LogP contribution >= 0.6 is 0 Å². The van der Waals surface area contributed by atoms with Crippen LogP contribution in [0.3, 0.4) is 0 Å². The highest BCUT2D eigenvalue weighted by Crippen LogP contribution is 2.30. The number of likely N-dealkylation sites (N-methyl/N-ethyl adjacent to an activating group) is 1. The Labute approximate surface area is 137 Å². The van der Waals surface area contributed by atoms with Crippen molar-refractivity contribution in [3.8, 4) is 0 Å². The van der Waals surface area contributed by atoms with Gasteiger partial charge in [-0.2, -0.15) is 0 Å². The highest BCUT2D eigenvalue weighted by Gasteiger charge is 2.30. The zero-order valence-electron chi connectivity index (χ0n) is 13.2. The smallest absolute Gasteiger partial charge is 0.149 e. The van der Waals surface area contributed by atoms with E-state index in [1.54, 1.807) is 11.9 Å². The number of nitrogens with zero attached hydrogens (tertiary/aromatic N) is 4. The Balaban J connectivity index is 1.59. The second kappa shape index (κ2) is 5.74. The molecule has 1 saturated heterocycles. The number of aromatic amines is 1. The van der Waals surface area contributed by atoms with E-state index in [2.05, 4.69) is 19.9 Å². The maximum Gasteiger partial charge on any atom is 0.149 e. The number of rotatable bonds is 3. The summed E-state index contributed by atoms with van der Waals surface area (Å²) in [5, 5.41) is 0.956. The predicted molar refractivity (Wildman–Crippen MR) is 89.3 cm³/mol. The predicted octanol–water partition coefficient (Wildman–Crippen LogP) is 2.95. The first kappa shape index (κ1) is 14.9. The fourth-order valence-corrected chi connectivity index (χ4v) is 3.37. The molecule has 1 aromatic carbocycles. The van der Waals surface area contributed by atoms with Crippen molar-refractivity contribution in [1.82, 2.24) is 15.0 Å². The van der Waals surface area contributed by atoms with E-state index in [-0.39, 0.29) is 11.7 Å². The van der Waals surface area contributed by atoms with E-state index in [0.29, 0.717) is 6.54 Å². The largest absolute Gasteiger partial charge is 0.365 e. The number of hydrogen-bond donors (Lipinski definition) is 1. The third-order valence-electron chi connectivity index (χ3n) is 4.63. The summed E-state index contributed by atoms with van der Waals surface area (Å²) in [6.07, 6.45) is 4.17. The minimum atomic E-state index is -0.536. The van der Waals surface area contributed by atoms with Gasteiger partial charge in [-0.3, -0.25) is 0 Å². The minimum absolute atomic E-state index is 0.0142. The zero-order valence-corrected chi connectivity index (χ0v) is 13.2. The molecule has 3 heterocycles. The van der Waals surface area contributed by atoms with Gasteiger partial charge in [0.05, 0.1) is 5.39 Å². The number of nitrogens with one attached hydrogen (secondary N) is 1. The number of aromatic nitrogens is 3. The molecule has 1 N–H and O–H groups in total. The van der Waals surface area contributed by atoms with E-state index in [4.69, 9.17) is 0 Å². The van der Waals surface area contributed by atoms with E-state index in [9.17, 15) is 8.78 Å². The molecule has 1 atom stereocenters. The van der Waals surface area contributed by atoms with Gasteiger partial charge >= 0.3 is 0 Å². The maximum absolute atomic E-state index is 14.0. The average Bonchev–Trinajstić information content (AvgIpc) is 3.23. The second-order valence-electron chi connectivity index (χ2n) is 6.01. The van der Waals surface area contributed by atoms with Crippen molar-refractivity contribution in [2.75, 3.05) is 29.9 Å². The van der Waals surface area contributed by atoms with E-state index in [1.807, 2.05) is 12.3 Å². The lowest BCUT2D eigenvalue weighted by molar-refractivity contribution is 0.561. The van der Waals surface area contributed by atoms with Crippen LogP contribution in [0.4, 0.5) is 20.3 Å². The van der Waals surface area contributed by atoms with Crippen molar-refractivity contribution >= 4 is 22.5 Å². The van der Waals surface area contributed by atoms with Crippen LogP contribution in [0.15, 0.2) is 36.8 Å². The molecule has 3 aromatic rings. The molecule has 0 aliphatic carbocycles. The molecule has 0 amide bonds. The number of para-hydroxylation sites is 1. The van der Waals surface area contributed by atoms with Gasteiger partial charge in [0.15, 0.2) is 0 Å². The number of fused-ring (bicyclic) bond motifs is 1. The average molecular weight is 329 g/mol. The molecule has 0 saturated carbocycles. The molecule has 1 aliphatic rings. The van der Waals surface area contributed by atoms with Gasteiger partial charge in [-0.1, -0.05) is 6.07 Å². The summed E-state index contributed by atoms with van der Waals surface area (Å²) in [6.45, 7) is 1.43. The van der Waals surface area contributed by atoms with Crippen LogP contribution in [-0.2, 0) is 0 Å². The first-order valence-electron chi connectivity index (χ1n) is 7.85. The summed E-state index contributed by atoms with van der Waals surface area (Å²) in [7, 11) is 1.74. The van der Waals surface area contributed by atoms with Gasteiger partial charge in [0.25, 0.3) is 0 Å². The molecule has 4 rings (SSSR count). The molecule has 0 spiro atoms. The number of benzene rings is 1. The summed E-state index contributed by atoms with van der Waals surface area (Å²) in [6, 6.07) is 5.91. The summed E-state index contributed by atoms with van der Waals surface area (Å²) in [5.41, 5.74) is 0.816. The second-order valence-corrected chi connectivity index (χ2v) is 6.01. The molecule has 0 bridgehead atoms. The SMILES string of the molecule is CN(c1c(F)cccc1F)[C@@H]1CCN(c2ncnc3[nH]ccc23)C1. The molecular weight excluding hydrogens is 312 g/mol. The third-order valence-corrected chi connectivity index (χ3v) is 4.63. The molecule has 7 heteroatoms. The lowest BCUT2D eigenvalue weighted by Crippen LogP contribution is -2.35. The van der Waals surface area contributed by atoms with Crippen LogP contribution in [-0.4, -0.2) is 41.1 Å².